The largest absolute Gasteiger partial charge is 0.348 e. The van der Waals surface area contributed by atoms with Crippen molar-refractivity contribution in [1.82, 2.24) is 0 Å². The second-order valence-corrected chi connectivity index (χ2v) is 5.76. The van der Waals surface area contributed by atoms with Crippen molar-refractivity contribution in [3.63, 3.8) is 0 Å². The third-order valence-corrected chi connectivity index (χ3v) is 3.95. The van der Waals surface area contributed by atoms with E-state index in [9.17, 15) is 0 Å². The van der Waals surface area contributed by atoms with Gasteiger partial charge in [-0.3, -0.25) is 0 Å². The Labute approximate surface area is 123 Å². The van der Waals surface area contributed by atoms with Gasteiger partial charge in [-0.15, -0.1) is 0 Å². The standard InChI is InChI=1S/C15H17ClO2S/c1-19-14-10-17-15(18-11-14)5-3-2-4-12-6-8-13(16)9-7-12/h2-9,14-15H,10-11H2,1H3/b4-2+,5-3+. The summed E-state index contributed by atoms with van der Waals surface area (Å²) < 4.78 is 11.1. The zero-order chi connectivity index (χ0) is 13.5. The van der Waals surface area contributed by atoms with Crippen LogP contribution in [0.25, 0.3) is 6.08 Å². The molecule has 1 aromatic carbocycles. The molecule has 102 valence electrons. The molecule has 0 N–H and O–H groups in total. The van der Waals surface area contributed by atoms with Gasteiger partial charge in [0, 0.05) is 5.02 Å². The number of hydrogen-bond acceptors (Lipinski definition) is 3. The summed E-state index contributed by atoms with van der Waals surface area (Å²) in [5, 5.41) is 1.20. The molecule has 19 heavy (non-hydrogen) atoms. The van der Waals surface area contributed by atoms with Gasteiger partial charge in [-0.2, -0.15) is 11.8 Å². The number of thioether (sulfide) groups is 1. The zero-order valence-electron chi connectivity index (χ0n) is 10.8. The van der Waals surface area contributed by atoms with Crippen LogP contribution in [0.4, 0.5) is 0 Å². The lowest BCUT2D eigenvalue weighted by Crippen LogP contribution is -2.32. The quantitative estimate of drug-likeness (QED) is 0.782. The Kier molecular flexibility index (Phi) is 5.98. The molecule has 1 heterocycles. The van der Waals surface area contributed by atoms with Gasteiger partial charge in [0.1, 0.15) is 0 Å². The molecule has 1 aromatic rings. The van der Waals surface area contributed by atoms with Crippen LogP contribution in [0.1, 0.15) is 5.56 Å². The van der Waals surface area contributed by atoms with Crippen LogP contribution in [0.3, 0.4) is 0 Å². The molecule has 1 aliphatic rings. The number of allylic oxidation sites excluding steroid dienone is 2. The van der Waals surface area contributed by atoms with Gasteiger partial charge < -0.3 is 9.47 Å². The van der Waals surface area contributed by atoms with Crippen LogP contribution in [0.15, 0.2) is 42.5 Å². The molecule has 0 bridgehead atoms. The summed E-state index contributed by atoms with van der Waals surface area (Å²) in [6, 6.07) is 7.70. The zero-order valence-corrected chi connectivity index (χ0v) is 12.4. The van der Waals surface area contributed by atoms with E-state index in [2.05, 4.69) is 6.26 Å². The molecule has 0 radical (unpaired) electrons. The smallest absolute Gasteiger partial charge is 0.177 e. The van der Waals surface area contributed by atoms with Crippen molar-refractivity contribution in [2.24, 2.45) is 0 Å². The molecule has 1 aliphatic heterocycles. The third kappa shape index (κ3) is 5.03. The summed E-state index contributed by atoms with van der Waals surface area (Å²) in [4.78, 5) is 0. The minimum atomic E-state index is -0.224. The van der Waals surface area contributed by atoms with Gasteiger partial charge in [0.2, 0.25) is 0 Å². The lowest BCUT2D eigenvalue weighted by Gasteiger charge is -2.26. The molecule has 0 amide bonds. The topological polar surface area (TPSA) is 18.5 Å². The summed E-state index contributed by atoms with van der Waals surface area (Å²) >= 11 is 7.60. The van der Waals surface area contributed by atoms with Crippen LogP contribution >= 0.6 is 23.4 Å². The maximum absolute atomic E-state index is 5.83. The Balaban J connectivity index is 1.78. The van der Waals surface area contributed by atoms with Gasteiger partial charge in [-0.05, 0) is 30.0 Å². The first-order valence-electron chi connectivity index (χ1n) is 6.14. The maximum atomic E-state index is 5.83. The van der Waals surface area contributed by atoms with Crippen molar-refractivity contribution >= 4 is 29.4 Å². The van der Waals surface area contributed by atoms with Gasteiger partial charge in [-0.1, -0.05) is 42.0 Å². The SMILES string of the molecule is CSC1COC(/C=C/C=C/c2ccc(Cl)cc2)OC1. The third-order valence-electron chi connectivity index (χ3n) is 2.76. The van der Waals surface area contributed by atoms with E-state index < -0.39 is 0 Å². The minimum Gasteiger partial charge on any atom is -0.348 e. The normalized spacial score (nSPS) is 24.3. The van der Waals surface area contributed by atoms with Gasteiger partial charge in [0.25, 0.3) is 0 Å². The number of ether oxygens (including phenoxy) is 2. The van der Waals surface area contributed by atoms with Crippen molar-refractivity contribution in [2.75, 3.05) is 19.5 Å². The first kappa shape index (κ1) is 14.7. The second kappa shape index (κ2) is 7.75. The van der Waals surface area contributed by atoms with E-state index in [0.29, 0.717) is 5.25 Å². The maximum Gasteiger partial charge on any atom is 0.177 e. The van der Waals surface area contributed by atoms with Crippen LogP contribution in [0, 0.1) is 0 Å². The number of benzene rings is 1. The molecule has 0 atom stereocenters. The Bertz CT molecular complexity index is 434. The van der Waals surface area contributed by atoms with Crippen LogP contribution in [0.5, 0.6) is 0 Å². The Morgan fingerprint density at radius 3 is 2.47 bits per heavy atom. The molecule has 0 spiro atoms. The first-order valence-corrected chi connectivity index (χ1v) is 7.81. The van der Waals surface area contributed by atoms with Crippen LogP contribution in [-0.2, 0) is 9.47 Å². The first-order chi connectivity index (χ1) is 9.28. The molecule has 2 nitrogen and oxygen atoms in total. The Hall–Kier alpha value is -0.740. The van der Waals surface area contributed by atoms with Gasteiger partial charge in [0.05, 0.1) is 18.5 Å². The molecular formula is C15H17ClO2S. The second-order valence-electron chi connectivity index (χ2n) is 4.19. The molecule has 1 saturated heterocycles. The lowest BCUT2D eigenvalue weighted by atomic mass is 10.2. The average Bonchev–Trinajstić information content (AvgIpc) is 2.46. The fraction of sp³-hybridized carbons (Fsp3) is 0.333. The lowest BCUT2D eigenvalue weighted by molar-refractivity contribution is -0.146. The molecule has 1 fully saturated rings. The van der Waals surface area contributed by atoms with Crippen LogP contribution in [-0.4, -0.2) is 31.0 Å². The molecule has 4 heteroatoms. The highest BCUT2D eigenvalue weighted by molar-refractivity contribution is 7.99. The van der Waals surface area contributed by atoms with Crippen molar-refractivity contribution in [3.05, 3.63) is 53.1 Å². The molecule has 0 aromatic heterocycles. The van der Waals surface area contributed by atoms with E-state index in [-0.39, 0.29) is 6.29 Å². The predicted molar refractivity (Wildman–Crippen MR) is 82.6 cm³/mol. The average molecular weight is 297 g/mol. The van der Waals surface area contributed by atoms with Gasteiger partial charge >= 0.3 is 0 Å². The number of hydrogen-bond donors (Lipinski definition) is 0. The highest BCUT2D eigenvalue weighted by Crippen LogP contribution is 2.16. The van der Waals surface area contributed by atoms with Crippen LogP contribution < -0.4 is 0 Å². The number of rotatable bonds is 4. The van der Waals surface area contributed by atoms with E-state index in [1.165, 1.54) is 0 Å². The molecule has 0 aliphatic carbocycles. The van der Waals surface area contributed by atoms with Gasteiger partial charge in [0.15, 0.2) is 6.29 Å². The summed E-state index contributed by atoms with van der Waals surface area (Å²) in [5.74, 6) is 0. The van der Waals surface area contributed by atoms with E-state index in [1.807, 2.05) is 48.6 Å². The molecule has 2 rings (SSSR count). The van der Waals surface area contributed by atoms with E-state index >= 15 is 0 Å². The molecular weight excluding hydrogens is 280 g/mol. The monoisotopic (exact) mass is 296 g/mol. The minimum absolute atomic E-state index is 0.224. The highest BCUT2D eigenvalue weighted by Gasteiger charge is 2.18. The van der Waals surface area contributed by atoms with Crippen molar-refractivity contribution < 1.29 is 9.47 Å². The van der Waals surface area contributed by atoms with E-state index in [0.717, 1.165) is 23.8 Å². The Morgan fingerprint density at radius 2 is 1.84 bits per heavy atom. The molecule has 0 saturated carbocycles. The van der Waals surface area contributed by atoms with E-state index in [4.69, 9.17) is 21.1 Å². The highest BCUT2D eigenvalue weighted by atomic mass is 35.5. The fourth-order valence-corrected chi connectivity index (χ4v) is 2.20. The van der Waals surface area contributed by atoms with Crippen LogP contribution in [0.2, 0.25) is 5.02 Å². The van der Waals surface area contributed by atoms with Gasteiger partial charge in [-0.25, -0.2) is 0 Å². The summed E-state index contributed by atoms with van der Waals surface area (Å²) in [6.45, 7) is 1.49. The summed E-state index contributed by atoms with van der Waals surface area (Å²) in [7, 11) is 0. The fourth-order valence-electron chi connectivity index (χ4n) is 1.64. The van der Waals surface area contributed by atoms with E-state index in [1.54, 1.807) is 11.8 Å². The van der Waals surface area contributed by atoms with Crippen molar-refractivity contribution in [1.29, 1.82) is 0 Å². The molecule has 0 unspecified atom stereocenters. The predicted octanol–water partition coefficient (Wildman–Crippen LogP) is 4.01. The Morgan fingerprint density at radius 1 is 1.16 bits per heavy atom. The summed E-state index contributed by atoms with van der Waals surface area (Å²) in [6.07, 6.45) is 9.69. The number of halogens is 1. The van der Waals surface area contributed by atoms with Crippen molar-refractivity contribution in [3.8, 4) is 0 Å². The van der Waals surface area contributed by atoms with Crippen molar-refractivity contribution in [2.45, 2.75) is 11.5 Å². The summed E-state index contributed by atoms with van der Waals surface area (Å²) in [5.41, 5.74) is 1.11.